The number of anilines is 1. The molecular weight excluding hydrogens is 538 g/mol. The van der Waals surface area contributed by atoms with Gasteiger partial charge < -0.3 is 10.7 Å². The van der Waals surface area contributed by atoms with Crippen molar-refractivity contribution in [1.82, 2.24) is 19.7 Å². The number of nitrogens with zero attached hydrogens (tertiary/aromatic N) is 3. The number of aromatic nitrogens is 4. The molecule has 0 spiro atoms. The maximum absolute atomic E-state index is 13.8. The highest BCUT2D eigenvalue weighted by Gasteiger charge is 2.23. The number of aryl methyl sites for hydroxylation is 1. The lowest BCUT2D eigenvalue weighted by atomic mass is 9.94. The molecule has 5 aromatic rings. The van der Waals surface area contributed by atoms with Crippen molar-refractivity contribution in [2.45, 2.75) is 12.5 Å². The van der Waals surface area contributed by atoms with Gasteiger partial charge in [0.05, 0.1) is 45.0 Å². The third-order valence-electron chi connectivity index (χ3n) is 5.97. The van der Waals surface area contributed by atoms with Crippen LogP contribution in [0.15, 0.2) is 53.3 Å². The van der Waals surface area contributed by atoms with Crippen LogP contribution in [0.5, 0.6) is 0 Å². The SMILES string of the molecule is Cn1nc(NS(C)(=O)=O)c2c(Cl)ccc(-c3cc4[nH]c(=O)ccc4nc3C(N)Cc3cc(F)cc(F)c3)c21. The Labute approximate surface area is 220 Å². The van der Waals surface area contributed by atoms with Crippen LogP contribution in [0.1, 0.15) is 17.3 Å². The van der Waals surface area contributed by atoms with Crippen molar-refractivity contribution in [3.8, 4) is 11.1 Å². The van der Waals surface area contributed by atoms with Crippen molar-refractivity contribution >= 4 is 49.4 Å². The van der Waals surface area contributed by atoms with Crippen LogP contribution in [0.3, 0.4) is 0 Å². The van der Waals surface area contributed by atoms with Crippen molar-refractivity contribution in [3.05, 3.63) is 86.8 Å². The molecular formula is C25H21ClF2N6O3S. The Morgan fingerprint density at radius 1 is 1.11 bits per heavy atom. The second-order valence-corrected chi connectivity index (χ2v) is 11.1. The van der Waals surface area contributed by atoms with Crippen LogP contribution in [0.25, 0.3) is 33.1 Å². The van der Waals surface area contributed by atoms with Gasteiger partial charge in [0.2, 0.25) is 15.6 Å². The van der Waals surface area contributed by atoms with Crippen LogP contribution in [-0.4, -0.2) is 34.4 Å². The van der Waals surface area contributed by atoms with Crippen LogP contribution in [0.4, 0.5) is 14.6 Å². The minimum Gasteiger partial charge on any atom is -0.322 e. The van der Waals surface area contributed by atoms with E-state index in [4.69, 9.17) is 22.3 Å². The van der Waals surface area contributed by atoms with Gasteiger partial charge in [-0.3, -0.25) is 14.2 Å². The van der Waals surface area contributed by atoms with E-state index in [1.165, 1.54) is 22.9 Å². The monoisotopic (exact) mass is 558 g/mol. The highest BCUT2D eigenvalue weighted by molar-refractivity contribution is 7.92. The van der Waals surface area contributed by atoms with Gasteiger partial charge in [-0.15, -0.1) is 0 Å². The highest BCUT2D eigenvalue weighted by atomic mass is 35.5. The minimum atomic E-state index is -3.66. The second-order valence-electron chi connectivity index (χ2n) is 8.93. The topological polar surface area (TPSA) is 136 Å². The van der Waals surface area contributed by atoms with Gasteiger partial charge in [-0.1, -0.05) is 17.7 Å². The van der Waals surface area contributed by atoms with Gasteiger partial charge in [0, 0.05) is 30.3 Å². The Balaban J connectivity index is 1.76. The fourth-order valence-electron chi connectivity index (χ4n) is 4.52. The number of hydrogen-bond acceptors (Lipinski definition) is 6. The van der Waals surface area contributed by atoms with E-state index in [1.807, 2.05) is 0 Å². The molecule has 0 bridgehead atoms. The van der Waals surface area contributed by atoms with Gasteiger partial charge in [-0.25, -0.2) is 22.2 Å². The Hall–Kier alpha value is -3.87. The molecule has 3 heterocycles. The number of sulfonamides is 1. The Bertz CT molecular complexity index is 1890. The van der Waals surface area contributed by atoms with Gasteiger partial charge in [-0.2, -0.15) is 5.10 Å². The van der Waals surface area contributed by atoms with Gasteiger partial charge in [0.1, 0.15) is 11.6 Å². The van der Waals surface area contributed by atoms with E-state index in [-0.39, 0.29) is 22.8 Å². The molecule has 38 heavy (non-hydrogen) atoms. The first-order valence-corrected chi connectivity index (χ1v) is 13.5. The fourth-order valence-corrected chi connectivity index (χ4v) is 5.25. The predicted octanol–water partition coefficient (Wildman–Crippen LogP) is 4.02. The standard InChI is InChI=1S/C25H21ClF2N6O3S/c1-34-24-15(3-4-17(26)22(24)25(32-34)33-38(2,36)37)16-11-20-19(5-6-21(35)30-20)31-23(16)18(29)9-12-7-13(27)10-14(28)8-12/h3-8,10-11,18H,9,29H2,1-2H3,(H,30,35)(H,32,33). The Kier molecular flexibility index (Phi) is 6.41. The molecule has 13 heteroatoms. The van der Waals surface area contributed by atoms with Gasteiger partial charge in [-0.05, 0) is 42.3 Å². The summed E-state index contributed by atoms with van der Waals surface area (Å²) in [4.78, 5) is 19.5. The summed E-state index contributed by atoms with van der Waals surface area (Å²) < 4.78 is 55.4. The van der Waals surface area contributed by atoms with Crippen molar-refractivity contribution in [3.63, 3.8) is 0 Å². The van der Waals surface area contributed by atoms with Crippen LogP contribution in [-0.2, 0) is 23.5 Å². The molecule has 0 amide bonds. The van der Waals surface area contributed by atoms with E-state index in [0.29, 0.717) is 44.3 Å². The molecule has 0 fully saturated rings. The lowest BCUT2D eigenvalue weighted by Gasteiger charge is -2.18. The molecule has 0 aliphatic carbocycles. The summed E-state index contributed by atoms with van der Waals surface area (Å²) in [5, 5.41) is 4.92. The number of aromatic amines is 1. The summed E-state index contributed by atoms with van der Waals surface area (Å²) in [6, 6.07) is 10.2. The molecule has 196 valence electrons. The third-order valence-corrected chi connectivity index (χ3v) is 6.85. The molecule has 2 aromatic carbocycles. The fraction of sp³-hybridized carbons (Fsp3) is 0.160. The number of nitrogens with two attached hydrogens (primary N) is 1. The average Bonchev–Trinajstić information content (AvgIpc) is 3.12. The van der Waals surface area contributed by atoms with E-state index in [1.54, 1.807) is 31.3 Å². The van der Waals surface area contributed by atoms with E-state index >= 15 is 0 Å². The number of fused-ring (bicyclic) bond motifs is 2. The third kappa shape index (κ3) is 4.97. The number of H-pyrrole nitrogens is 1. The largest absolute Gasteiger partial charge is 0.322 e. The van der Waals surface area contributed by atoms with E-state index in [2.05, 4.69) is 14.8 Å². The van der Waals surface area contributed by atoms with Crippen molar-refractivity contribution in [2.75, 3.05) is 11.0 Å². The first kappa shape index (κ1) is 25.8. The zero-order valence-electron chi connectivity index (χ0n) is 20.1. The zero-order valence-corrected chi connectivity index (χ0v) is 21.7. The summed E-state index contributed by atoms with van der Waals surface area (Å²) in [7, 11) is -2.04. The number of benzene rings is 2. The number of pyridine rings is 2. The highest BCUT2D eigenvalue weighted by Crippen LogP contribution is 2.40. The number of hydrogen-bond donors (Lipinski definition) is 3. The molecule has 5 rings (SSSR count). The summed E-state index contributed by atoms with van der Waals surface area (Å²) in [6.07, 6.45) is 1.06. The summed E-state index contributed by atoms with van der Waals surface area (Å²) in [5.74, 6) is -1.41. The number of nitrogens with one attached hydrogen (secondary N) is 2. The first-order valence-electron chi connectivity index (χ1n) is 11.3. The van der Waals surface area contributed by atoms with E-state index in [0.717, 1.165) is 12.3 Å². The second kappa shape index (κ2) is 9.46. The summed E-state index contributed by atoms with van der Waals surface area (Å²) in [6.45, 7) is 0. The molecule has 0 saturated heterocycles. The molecule has 0 aliphatic rings. The van der Waals surface area contributed by atoms with Crippen LogP contribution in [0.2, 0.25) is 5.02 Å². The molecule has 3 aromatic heterocycles. The van der Waals surface area contributed by atoms with Crippen molar-refractivity contribution < 1.29 is 17.2 Å². The van der Waals surface area contributed by atoms with Crippen molar-refractivity contribution in [2.24, 2.45) is 12.8 Å². The van der Waals surface area contributed by atoms with E-state index < -0.39 is 27.7 Å². The van der Waals surface area contributed by atoms with Crippen molar-refractivity contribution in [1.29, 1.82) is 0 Å². The molecule has 4 N–H and O–H groups in total. The maximum atomic E-state index is 13.8. The minimum absolute atomic E-state index is 0.0417. The first-order chi connectivity index (χ1) is 17.9. The van der Waals surface area contributed by atoms with Crippen LogP contribution in [0, 0.1) is 11.6 Å². The molecule has 1 atom stereocenters. The normalized spacial score (nSPS) is 12.8. The summed E-state index contributed by atoms with van der Waals surface area (Å²) >= 11 is 6.47. The smallest absolute Gasteiger partial charge is 0.248 e. The molecule has 0 radical (unpaired) electrons. The van der Waals surface area contributed by atoms with E-state index in [9.17, 15) is 22.0 Å². The van der Waals surface area contributed by atoms with Crippen LogP contribution < -0.4 is 16.0 Å². The Morgan fingerprint density at radius 3 is 2.50 bits per heavy atom. The van der Waals surface area contributed by atoms with Gasteiger partial charge in [0.15, 0.2) is 5.82 Å². The quantitative estimate of drug-likeness (QED) is 0.288. The molecule has 0 aliphatic heterocycles. The lowest BCUT2D eigenvalue weighted by molar-refractivity contribution is 0.576. The average molecular weight is 559 g/mol. The molecule has 9 nitrogen and oxygen atoms in total. The lowest BCUT2D eigenvalue weighted by Crippen LogP contribution is -2.17. The number of rotatable bonds is 6. The molecule has 1 unspecified atom stereocenters. The zero-order chi connectivity index (χ0) is 27.4. The summed E-state index contributed by atoms with van der Waals surface area (Å²) in [5.41, 5.74) is 9.38. The predicted molar refractivity (Wildman–Crippen MR) is 143 cm³/mol. The maximum Gasteiger partial charge on any atom is 0.248 e. The Morgan fingerprint density at radius 2 is 1.82 bits per heavy atom. The van der Waals surface area contributed by atoms with Gasteiger partial charge in [0.25, 0.3) is 0 Å². The van der Waals surface area contributed by atoms with Crippen LogP contribution >= 0.6 is 11.6 Å². The number of halogens is 3. The molecule has 0 saturated carbocycles. The van der Waals surface area contributed by atoms with Gasteiger partial charge >= 0.3 is 0 Å².